The highest BCUT2D eigenvalue weighted by atomic mass is 19.3. The molecule has 0 unspecified atom stereocenters. The Morgan fingerprint density at radius 1 is 1.47 bits per heavy atom. The molecule has 1 aromatic rings. The zero-order valence-corrected chi connectivity index (χ0v) is 9.30. The largest absolute Gasteiger partial charge is 0.319 e. The third-order valence-corrected chi connectivity index (χ3v) is 1.90. The van der Waals surface area contributed by atoms with Gasteiger partial charge >= 0.3 is 6.55 Å². The molecule has 1 N–H and O–H groups in total. The quantitative estimate of drug-likeness (QED) is 0.839. The smallest absolute Gasteiger partial charge is 0.309 e. The monoisotopic (exact) mass is 217 g/mol. The Morgan fingerprint density at radius 2 is 2.13 bits per heavy atom. The van der Waals surface area contributed by atoms with Gasteiger partial charge in [0.25, 0.3) is 0 Å². The maximum Gasteiger partial charge on any atom is 0.319 e. The summed E-state index contributed by atoms with van der Waals surface area (Å²) in [6.45, 7) is 4.87. The van der Waals surface area contributed by atoms with Crippen LogP contribution in [0.2, 0.25) is 0 Å². The number of nitrogens with one attached hydrogen (secondary N) is 1. The van der Waals surface area contributed by atoms with Gasteiger partial charge in [-0.2, -0.15) is 8.78 Å². The SMILES string of the molecule is CC(C)(C)CNCc1nccn1C(F)F. The van der Waals surface area contributed by atoms with Crippen molar-refractivity contribution in [2.45, 2.75) is 33.9 Å². The van der Waals surface area contributed by atoms with Crippen LogP contribution in [0.3, 0.4) is 0 Å². The number of alkyl halides is 2. The van der Waals surface area contributed by atoms with Gasteiger partial charge in [-0.25, -0.2) is 4.98 Å². The summed E-state index contributed by atoms with van der Waals surface area (Å²) < 4.78 is 25.7. The van der Waals surface area contributed by atoms with E-state index in [1.165, 1.54) is 12.4 Å². The number of aromatic nitrogens is 2. The van der Waals surface area contributed by atoms with Crippen molar-refractivity contribution < 1.29 is 8.78 Å². The molecule has 0 spiro atoms. The van der Waals surface area contributed by atoms with E-state index in [4.69, 9.17) is 0 Å². The van der Waals surface area contributed by atoms with Gasteiger partial charge in [-0.05, 0) is 5.41 Å². The van der Waals surface area contributed by atoms with Crippen LogP contribution in [-0.2, 0) is 6.54 Å². The number of rotatable bonds is 4. The van der Waals surface area contributed by atoms with Gasteiger partial charge in [0.15, 0.2) is 0 Å². The molecule has 0 aliphatic carbocycles. The summed E-state index contributed by atoms with van der Waals surface area (Å²) in [6.07, 6.45) is 2.68. The van der Waals surface area contributed by atoms with Crippen LogP contribution in [0, 0.1) is 5.41 Å². The fourth-order valence-electron chi connectivity index (χ4n) is 1.21. The van der Waals surface area contributed by atoms with E-state index >= 15 is 0 Å². The zero-order valence-electron chi connectivity index (χ0n) is 9.30. The van der Waals surface area contributed by atoms with Gasteiger partial charge < -0.3 is 5.32 Å². The molecular weight excluding hydrogens is 200 g/mol. The van der Waals surface area contributed by atoms with Gasteiger partial charge in [-0.15, -0.1) is 0 Å². The normalized spacial score (nSPS) is 12.4. The lowest BCUT2D eigenvalue weighted by Crippen LogP contribution is -2.27. The molecule has 5 heteroatoms. The first-order valence-corrected chi connectivity index (χ1v) is 4.91. The van der Waals surface area contributed by atoms with Gasteiger partial charge in [0.05, 0.1) is 6.54 Å². The molecule has 1 aromatic heterocycles. The Bertz CT molecular complexity index is 302. The van der Waals surface area contributed by atoms with Crippen molar-refractivity contribution in [2.24, 2.45) is 5.41 Å². The highest BCUT2D eigenvalue weighted by Crippen LogP contribution is 2.13. The van der Waals surface area contributed by atoms with Crippen molar-refractivity contribution in [1.82, 2.24) is 14.9 Å². The predicted molar refractivity (Wildman–Crippen MR) is 54.6 cm³/mol. The van der Waals surface area contributed by atoms with Crippen molar-refractivity contribution in [2.75, 3.05) is 6.54 Å². The van der Waals surface area contributed by atoms with Crippen LogP contribution >= 0.6 is 0 Å². The van der Waals surface area contributed by atoms with E-state index < -0.39 is 6.55 Å². The van der Waals surface area contributed by atoms with Gasteiger partial charge in [-0.3, -0.25) is 4.57 Å². The molecule has 0 bridgehead atoms. The summed E-state index contributed by atoms with van der Waals surface area (Å²) in [7, 11) is 0. The summed E-state index contributed by atoms with van der Waals surface area (Å²) in [6, 6.07) is 0. The van der Waals surface area contributed by atoms with E-state index in [2.05, 4.69) is 31.1 Å². The highest BCUT2D eigenvalue weighted by molar-refractivity contribution is 4.92. The average molecular weight is 217 g/mol. The van der Waals surface area contributed by atoms with Gasteiger partial charge in [0.1, 0.15) is 5.82 Å². The molecule has 1 rings (SSSR count). The first-order chi connectivity index (χ1) is 6.90. The second kappa shape index (κ2) is 4.70. The number of halogens is 2. The van der Waals surface area contributed by atoms with E-state index in [9.17, 15) is 8.78 Å². The highest BCUT2D eigenvalue weighted by Gasteiger charge is 2.13. The number of imidazole rings is 1. The maximum absolute atomic E-state index is 12.4. The van der Waals surface area contributed by atoms with Gasteiger partial charge in [0.2, 0.25) is 0 Å². The van der Waals surface area contributed by atoms with E-state index in [1.807, 2.05) is 0 Å². The fourth-order valence-corrected chi connectivity index (χ4v) is 1.21. The van der Waals surface area contributed by atoms with Crippen molar-refractivity contribution in [1.29, 1.82) is 0 Å². The fraction of sp³-hybridized carbons (Fsp3) is 0.700. The average Bonchev–Trinajstić information content (AvgIpc) is 2.49. The molecular formula is C10H17F2N3. The number of nitrogens with zero attached hydrogens (tertiary/aromatic N) is 2. The minimum Gasteiger partial charge on any atom is -0.309 e. The van der Waals surface area contributed by atoms with Crippen LogP contribution in [0.5, 0.6) is 0 Å². The van der Waals surface area contributed by atoms with Crippen LogP contribution in [0.4, 0.5) is 8.78 Å². The minimum atomic E-state index is -2.51. The molecule has 0 amide bonds. The third-order valence-electron chi connectivity index (χ3n) is 1.90. The molecule has 0 saturated heterocycles. The number of hydrogen-bond acceptors (Lipinski definition) is 2. The topological polar surface area (TPSA) is 29.9 Å². The lowest BCUT2D eigenvalue weighted by Gasteiger charge is -2.18. The van der Waals surface area contributed by atoms with Crippen molar-refractivity contribution in [3.8, 4) is 0 Å². The van der Waals surface area contributed by atoms with E-state index in [0.29, 0.717) is 12.4 Å². The van der Waals surface area contributed by atoms with Crippen LogP contribution < -0.4 is 5.32 Å². The summed E-state index contributed by atoms with van der Waals surface area (Å²) in [4.78, 5) is 3.88. The Hall–Kier alpha value is -0.970. The van der Waals surface area contributed by atoms with Crippen molar-refractivity contribution >= 4 is 0 Å². The van der Waals surface area contributed by atoms with Crippen LogP contribution in [0.15, 0.2) is 12.4 Å². The van der Waals surface area contributed by atoms with Gasteiger partial charge in [0, 0.05) is 18.9 Å². The van der Waals surface area contributed by atoms with Crippen molar-refractivity contribution in [3.05, 3.63) is 18.2 Å². The van der Waals surface area contributed by atoms with Crippen molar-refractivity contribution in [3.63, 3.8) is 0 Å². The first-order valence-electron chi connectivity index (χ1n) is 4.91. The predicted octanol–water partition coefficient (Wildman–Crippen LogP) is 2.41. The molecule has 1 heterocycles. The van der Waals surface area contributed by atoms with E-state index in [1.54, 1.807) is 0 Å². The molecule has 0 fully saturated rings. The summed E-state index contributed by atoms with van der Waals surface area (Å²) in [5.74, 6) is 0.370. The lowest BCUT2D eigenvalue weighted by molar-refractivity contribution is 0.0665. The Kier molecular flexibility index (Phi) is 3.79. The number of hydrogen-bond donors (Lipinski definition) is 1. The molecule has 15 heavy (non-hydrogen) atoms. The Labute approximate surface area is 88.5 Å². The van der Waals surface area contributed by atoms with E-state index in [0.717, 1.165) is 11.1 Å². The first kappa shape index (κ1) is 12.1. The molecule has 0 aliphatic rings. The maximum atomic E-state index is 12.4. The molecule has 0 aromatic carbocycles. The summed E-state index contributed by atoms with van der Waals surface area (Å²) in [5.41, 5.74) is 0.141. The Morgan fingerprint density at radius 3 is 2.67 bits per heavy atom. The van der Waals surface area contributed by atoms with E-state index in [-0.39, 0.29) is 5.41 Å². The van der Waals surface area contributed by atoms with Gasteiger partial charge in [-0.1, -0.05) is 20.8 Å². The second-order valence-electron chi connectivity index (χ2n) is 4.69. The van der Waals surface area contributed by atoms with Crippen LogP contribution in [0.25, 0.3) is 0 Å². The molecule has 3 nitrogen and oxygen atoms in total. The van der Waals surface area contributed by atoms with Crippen LogP contribution in [0.1, 0.15) is 33.1 Å². The zero-order chi connectivity index (χ0) is 11.5. The lowest BCUT2D eigenvalue weighted by atomic mass is 9.97. The second-order valence-corrected chi connectivity index (χ2v) is 4.69. The molecule has 86 valence electrons. The molecule has 0 radical (unpaired) electrons. The summed E-state index contributed by atoms with van der Waals surface area (Å²) in [5, 5.41) is 3.11. The minimum absolute atomic E-state index is 0.141. The third kappa shape index (κ3) is 3.95. The molecule has 0 saturated carbocycles. The molecule has 0 aliphatic heterocycles. The van der Waals surface area contributed by atoms with Crippen LogP contribution in [-0.4, -0.2) is 16.1 Å². The molecule has 0 atom stereocenters. The Balaban J connectivity index is 2.47. The summed E-state index contributed by atoms with van der Waals surface area (Å²) >= 11 is 0. The standard InChI is InChI=1S/C10H17F2N3/c1-10(2,3)7-13-6-8-14-4-5-15(8)9(11)12/h4-5,9,13H,6-7H2,1-3H3.